The van der Waals surface area contributed by atoms with Gasteiger partial charge in [0.25, 0.3) is 0 Å². The summed E-state index contributed by atoms with van der Waals surface area (Å²) in [6, 6.07) is 14.4. The summed E-state index contributed by atoms with van der Waals surface area (Å²) >= 11 is 0. The number of nitrogens with one attached hydrogen (secondary N) is 2. The molecule has 0 aliphatic heterocycles. The molecule has 0 radical (unpaired) electrons. The summed E-state index contributed by atoms with van der Waals surface area (Å²) in [6.07, 6.45) is 1.89. The minimum atomic E-state index is -0.410. The van der Waals surface area contributed by atoms with Crippen molar-refractivity contribution < 1.29 is 4.39 Å². The molecule has 3 nitrogen and oxygen atoms in total. The molecule has 0 unspecified atom stereocenters. The van der Waals surface area contributed by atoms with Gasteiger partial charge in [-0.2, -0.15) is 5.26 Å². The Hall–Kier alpha value is -2.80. The van der Waals surface area contributed by atoms with Crippen molar-refractivity contribution in [1.29, 1.82) is 5.26 Å². The monoisotopic (exact) mass is 265 g/mol. The number of halogens is 1. The molecule has 2 N–H and O–H groups in total. The molecule has 0 amide bonds. The number of aromatic nitrogens is 1. The molecule has 20 heavy (non-hydrogen) atoms. The van der Waals surface area contributed by atoms with Crippen molar-refractivity contribution in [3.05, 3.63) is 65.6 Å². The molecular formula is C16H12FN3. The van der Waals surface area contributed by atoms with Crippen LogP contribution in [0.25, 0.3) is 10.9 Å². The van der Waals surface area contributed by atoms with Crippen molar-refractivity contribution in [3.8, 4) is 6.07 Å². The van der Waals surface area contributed by atoms with E-state index in [2.05, 4.69) is 16.4 Å². The van der Waals surface area contributed by atoms with Gasteiger partial charge in [-0.1, -0.05) is 6.07 Å². The maximum absolute atomic E-state index is 13.7. The van der Waals surface area contributed by atoms with Crippen molar-refractivity contribution >= 4 is 16.6 Å². The van der Waals surface area contributed by atoms with Gasteiger partial charge in [-0.15, -0.1) is 0 Å². The van der Waals surface area contributed by atoms with Crippen molar-refractivity contribution in [2.75, 3.05) is 5.32 Å². The molecule has 3 rings (SSSR count). The maximum atomic E-state index is 13.7. The average Bonchev–Trinajstić information content (AvgIpc) is 2.93. The van der Waals surface area contributed by atoms with Gasteiger partial charge in [0.05, 0.1) is 17.3 Å². The highest BCUT2D eigenvalue weighted by Crippen LogP contribution is 2.18. The number of nitriles is 1. The lowest BCUT2D eigenvalue weighted by atomic mass is 10.1. The molecule has 98 valence electrons. The van der Waals surface area contributed by atoms with Gasteiger partial charge >= 0.3 is 0 Å². The topological polar surface area (TPSA) is 51.6 Å². The van der Waals surface area contributed by atoms with E-state index in [9.17, 15) is 4.39 Å². The molecule has 0 aliphatic carbocycles. The Morgan fingerprint density at radius 1 is 1.15 bits per heavy atom. The fourth-order valence-corrected chi connectivity index (χ4v) is 2.14. The highest BCUT2D eigenvalue weighted by atomic mass is 19.1. The number of fused-ring (bicyclic) bond motifs is 1. The largest absolute Gasteiger partial charge is 0.379 e. The lowest BCUT2D eigenvalue weighted by Gasteiger charge is -2.08. The van der Waals surface area contributed by atoms with E-state index in [1.807, 2.05) is 30.5 Å². The second kappa shape index (κ2) is 5.06. The van der Waals surface area contributed by atoms with Crippen molar-refractivity contribution in [1.82, 2.24) is 4.98 Å². The van der Waals surface area contributed by atoms with Crippen LogP contribution in [0.15, 0.2) is 48.7 Å². The van der Waals surface area contributed by atoms with Gasteiger partial charge in [-0.3, -0.25) is 0 Å². The molecule has 2 aromatic carbocycles. The van der Waals surface area contributed by atoms with Gasteiger partial charge in [0, 0.05) is 18.3 Å². The maximum Gasteiger partial charge on any atom is 0.147 e. The predicted molar refractivity (Wildman–Crippen MR) is 76.7 cm³/mol. The third-order valence-electron chi connectivity index (χ3n) is 3.20. The van der Waals surface area contributed by atoms with Gasteiger partial charge in [-0.25, -0.2) is 4.39 Å². The first-order chi connectivity index (χ1) is 9.76. The first-order valence-corrected chi connectivity index (χ1v) is 6.26. The summed E-state index contributed by atoms with van der Waals surface area (Å²) < 4.78 is 13.7. The number of rotatable bonds is 3. The van der Waals surface area contributed by atoms with Crippen LogP contribution in [0.1, 0.15) is 11.1 Å². The molecule has 3 aromatic rings. The van der Waals surface area contributed by atoms with E-state index in [4.69, 9.17) is 5.26 Å². The van der Waals surface area contributed by atoms with Crippen molar-refractivity contribution in [2.24, 2.45) is 0 Å². The van der Waals surface area contributed by atoms with E-state index in [-0.39, 0.29) is 0 Å². The molecule has 1 heterocycles. The van der Waals surface area contributed by atoms with Crippen LogP contribution >= 0.6 is 0 Å². The Labute approximate surface area is 115 Å². The summed E-state index contributed by atoms with van der Waals surface area (Å²) in [7, 11) is 0. The summed E-state index contributed by atoms with van der Waals surface area (Å²) in [5.74, 6) is -0.410. The quantitative estimate of drug-likeness (QED) is 0.757. The van der Waals surface area contributed by atoms with Gasteiger partial charge < -0.3 is 10.3 Å². The number of hydrogen-bond acceptors (Lipinski definition) is 2. The minimum Gasteiger partial charge on any atom is -0.379 e. The summed E-state index contributed by atoms with van der Waals surface area (Å²) in [5, 5.41) is 12.9. The van der Waals surface area contributed by atoms with Gasteiger partial charge in [0.1, 0.15) is 5.82 Å². The van der Waals surface area contributed by atoms with E-state index < -0.39 is 5.82 Å². The SMILES string of the molecule is N#Cc1ccc(NCc2ccc3[nH]ccc3c2)c(F)c1. The second-order valence-electron chi connectivity index (χ2n) is 4.56. The van der Waals surface area contributed by atoms with Crippen LogP contribution in [0.3, 0.4) is 0 Å². The fraction of sp³-hybridized carbons (Fsp3) is 0.0625. The van der Waals surface area contributed by atoms with E-state index in [0.717, 1.165) is 16.5 Å². The zero-order chi connectivity index (χ0) is 13.9. The van der Waals surface area contributed by atoms with Crippen LogP contribution in [0.4, 0.5) is 10.1 Å². The van der Waals surface area contributed by atoms with E-state index in [0.29, 0.717) is 17.8 Å². The van der Waals surface area contributed by atoms with E-state index >= 15 is 0 Å². The lowest BCUT2D eigenvalue weighted by molar-refractivity contribution is 0.629. The molecule has 0 saturated carbocycles. The third kappa shape index (κ3) is 2.34. The average molecular weight is 265 g/mol. The number of H-pyrrole nitrogens is 1. The van der Waals surface area contributed by atoms with Crippen molar-refractivity contribution in [2.45, 2.75) is 6.54 Å². The van der Waals surface area contributed by atoms with Gasteiger partial charge in [0.2, 0.25) is 0 Å². The summed E-state index contributed by atoms with van der Waals surface area (Å²) in [5.41, 5.74) is 2.87. The Kier molecular flexibility index (Phi) is 3.10. The van der Waals surface area contributed by atoms with Crippen LogP contribution in [0.5, 0.6) is 0 Å². The molecule has 0 saturated heterocycles. The molecule has 0 fully saturated rings. The molecule has 0 aliphatic rings. The van der Waals surface area contributed by atoms with Crippen LogP contribution < -0.4 is 5.32 Å². The Morgan fingerprint density at radius 2 is 2.05 bits per heavy atom. The second-order valence-corrected chi connectivity index (χ2v) is 4.56. The number of hydrogen-bond donors (Lipinski definition) is 2. The Morgan fingerprint density at radius 3 is 2.85 bits per heavy atom. The summed E-state index contributed by atoms with van der Waals surface area (Å²) in [4.78, 5) is 3.13. The van der Waals surface area contributed by atoms with Crippen molar-refractivity contribution in [3.63, 3.8) is 0 Å². The molecule has 0 spiro atoms. The number of nitrogens with zero attached hydrogens (tertiary/aromatic N) is 1. The standard InChI is InChI=1S/C16H12FN3/c17-14-8-11(9-18)1-4-16(14)20-10-12-2-3-15-13(7-12)5-6-19-15/h1-8,19-20H,10H2. The molecule has 0 bridgehead atoms. The first kappa shape index (κ1) is 12.2. The Bertz CT molecular complexity index is 799. The van der Waals surface area contributed by atoms with Gasteiger partial charge in [0.15, 0.2) is 0 Å². The minimum absolute atomic E-state index is 0.321. The van der Waals surface area contributed by atoms with Crippen LogP contribution in [-0.4, -0.2) is 4.98 Å². The smallest absolute Gasteiger partial charge is 0.147 e. The molecule has 4 heteroatoms. The zero-order valence-electron chi connectivity index (χ0n) is 10.7. The lowest BCUT2D eigenvalue weighted by Crippen LogP contribution is -2.01. The number of aromatic amines is 1. The highest BCUT2D eigenvalue weighted by molar-refractivity contribution is 5.79. The molecule has 1 aromatic heterocycles. The normalized spacial score (nSPS) is 10.4. The summed E-state index contributed by atoms with van der Waals surface area (Å²) in [6.45, 7) is 0.532. The molecular weight excluding hydrogens is 253 g/mol. The van der Waals surface area contributed by atoms with E-state index in [1.54, 1.807) is 12.1 Å². The van der Waals surface area contributed by atoms with E-state index in [1.165, 1.54) is 6.07 Å². The number of benzene rings is 2. The predicted octanol–water partition coefficient (Wildman–Crippen LogP) is 3.79. The first-order valence-electron chi connectivity index (χ1n) is 6.26. The van der Waals surface area contributed by atoms with Crippen LogP contribution in [-0.2, 0) is 6.54 Å². The van der Waals surface area contributed by atoms with Crippen LogP contribution in [0.2, 0.25) is 0 Å². The number of anilines is 1. The van der Waals surface area contributed by atoms with Crippen LogP contribution in [0, 0.1) is 17.1 Å². The Balaban J connectivity index is 1.77. The fourth-order valence-electron chi connectivity index (χ4n) is 2.14. The zero-order valence-corrected chi connectivity index (χ0v) is 10.7. The van der Waals surface area contributed by atoms with Gasteiger partial charge in [-0.05, 0) is 47.3 Å². The highest BCUT2D eigenvalue weighted by Gasteiger charge is 2.03. The molecule has 0 atom stereocenters. The third-order valence-corrected chi connectivity index (χ3v) is 3.20.